The highest BCUT2D eigenvalue weighted by Gasteiger charge is 1.82. The summed E-state index contributed by atoms with van der Waals surface area (Å²) >= 11 is 0. The molecule has 0 rings (SSSR count). The number of aldehydes is 1. The van der Waals surface area contributed by atoms with Crippen molar-refractivity contribution in [2.24, 2.45) is 0 Å². The fraction of sp³-hybridized carbons (Fsp3) is 0.353. The summed E-state index contributed by atoms with van der Waals surface area (Å²) in [6.45, 7) is 2.22. The van der Waals surface area contributed by atoms with Gasteiger partial charge in [0.2, 0.25) is 0 Å². The summed E-state index contributed by atoms with van der Waals surface area (Å²) in [7, 11) is 0. The number of unbranched alkanes of at least 4 members (excludes halogenated alkanes) is 4. The molecule has 0 unspecified atom stereocenters. The summed E-state index contributed by atoms with van der Waals surface area (Å²) in [6.07, 6.45) is 17.7. The van der Waals surface area contributed by atoms with E-state index < -0.39 is 0 Å². The normalized spacial score (nSPS) is 10.3. The van der Waals surface area contributed by atoms with Crippen molar-refractivity contribution in [1.29, 1.82) is 0 Å². The molecule has 0 atom stereocenters. The van der Waals surface area contributed by atoms with Crippen LogP contribution in [0.3, 0.4) is 0 Å². The van der Waals surface area contributed by atoms with Gasteiger partial charge in [0.1, 0.15) is 6.29 Å². The summed E-state index contributed by atoms with van der Waals surface area (Å²) in [5.41, 5.74) is 0. The van der Waals surface area contributed by atoms with E-state index in [1.54, 1.807) is 6.08 Å². The van der Waals surface area contributed by atoms with Gasteiger partial charge in [0.25, 0.3) is 0 Å². The van der Waals surface area contributed by atoms with Crippen molar-refractivity contribution in [2.75, 3.05) is 0 Å². The highest BCUT2D eigenvalue weighted by atomic mass is 16.1. The van der Waals surface area contributed by atoms with Crippen LogP contribution in [0.15, 0.2) is 36.5 Å². The lowest BCUT2D eigenvalue weighted by Crippen LogP contribution is -1.72. The summed E-state index contributed by atoms with van der Waals surface area (Å²) in [6, 6.07) is 0. The largest absolute Gasteiger partial charge is 0.299 e. The summed E-state index contributed by atoms with van der Waals surface area (Å²) in [5.74, 6) is 10.7. The monoisotopic (exact) mass is 240 g/mol. The Kier molecular flexibility index (Phi) is 13.4. The fourth-order valence-corrected chi connectivity index (χ4v) is 1.21. The zero-order valence-electron chi connectivity index (χ0n) is 11.0. The van der Waals surface area contributed by atoms with Crippen LogP contribution in [0.5, 0.6) is 0 Å². The summed E-state index contributed by atoms with van der Waals surface area (Å²) in [5, 5.41) is 0. The maximum atomic E-state index is 9.91. The molecule has 0 aliphatic rings. The van der Waals surface area contributed by atoms with Crippen LogP contribution in [0, 0.1) is 23.7 Å². The third kappa shape index (κ3) is 14.0. The Morgan fingerprint density at radius 3 is 2.28 bits per heavy atom. The van der Waals surface area contributed by atoms with Crippen LogP contribution in [0.1, 0.15) is 39.0 Å². The molecule has 0 saturated heterocycles. The quantitative estimate of drug-likeness (QED) is 0.217. The molecule has 18 heavy (non-hydrogen) atoms. The predicted molar refractivity (Wildman–Crippen MR) is 77.8 cm³/mol. The van der Waals surface area contributed by atoms with Gasteiger partial charge in [-0.1, -0.05) is 56.3 Å². The molecule has 94 valence electrons. The molecule has 0 heterocycles. The van der Waals surface area contributed by atoms with Crippen LogP contribution < -0.4 is 0 Å². The molecule has 0 aliphatic carbocycles. The number of carbonyl (C=O) groups excluding carboxylic acids is 1. The molecule has 0 N–H and O–H groups in total. The van der Waals surface area contributed by atoms with Crippen LogP contribution in [-0.4, -0.2) is 6.29 Å². The van der Waals surface area contributed by atoms with E-state index in [4.69, 9.17) is 0 Å². The predicted octanol–water partition coefficient (Wildman–Crippen LogP) is 3.83. The van der Waals surface area contributed by atoms with E-state index in [-0.39, 0.29) is 0 Å². The van der Waals surface area contributed by atoms with Gasteiger partial charge in [-0.3, -0.25) is 4.79 Å². The van der Waals surface area contributed by atoms with Crippen molar-refractivity contribution in [2.45, 2.75) is 39.0 Å². The lowest BCUT2D eigenvalue weighted by molar-refractivity contribution is -0.104. The number of allylic oxidation sites excluding steroid dienone is 6. The first-order valence-corrected chi connectivity index (χ1v) is 6.35. The first kappa shape index (κ1) is 16.0. The van der Waals surface area contributed by atoms with Crippen molar-refractivity contribution in [1.82, 2.24) is 0 Å². The molecule has 0 aromatic heterocycles. The second-order valence-electron chi connectivity index (χ2n) is 3.67. The van der Waals surface area contributed by atoms with Gasteiger partial charge in [-0.25, -0.2) is 0 Å². The van der Waals surface area contributed by atoms with Crippen molar-refractivity contribution in [3.05, 3.63) is 36.5 Å². The van der Waals surface area contributed by atoms with Gasteiger partial charge in [0.05, 0.1) is 0 Å². The van der Waals surface area contributed by atoms with Gasteiger partial charge in [-0.2, -0.15) is 0 Å². The smallest absolute Gasteiger partial charge is 0.143 e. The molecule has 0 fully saturated rings. The lowest BCUT2D eigenvalue weighted by Gasteiger charge is -1.92. The molecule has 0 amide bonds. The highest BCUT2D eigenvalue weighted by molar-refractivity contribution is 5.65. The first-order chi connectivity index (χ1) is 8.91. The second-order valence-corrected chi connectivity index (χ2v) is 3.67. The van der Waals surface area contributed by atoms with Crippen LogP contribution in [-0.2, 0) is 4.79 Å². The standard InChI is InChI=1S/C17H20O/c1-2-3-4-5-6-7-8-9-10-11-12-13-14-15-16-17-18/h7-10,15-17H,2-6H2,1H3. The Morgan fingerprint density at radius 1 is 0.889 bits per heavy atom. The lowest BCUT2D eigenvalue weighted by atomic mass is 10.1. The van der Waals surface area contributed by atoms with E-state index in [2.05, 4.69) is 36.7 Å². The second kappa shape index (κ2) is 15.0. The maximum Gasteiger partial charge on any atom is 0.143 e. The number of rotatable bonds is 7. The SMILES string of the molecule is CCCCCCC=CC=CC#CC#CC=CC=O. The minimum atomic E-state index is 0.688. The van der Waals surface area contributed by atoms with E-state index in [0.29, 0.717) is 6.29 Å². The number of hydrogen-bond donors (Lipinski definition) is 0. The zero-order valence-corrected chi connectivity index (χ0v) is 11.0. The molecule has 0 aromatic rings. The average molecular weight is 240 g/mol. The zero-order chi connectivity index (χ0) is 13.3. The van der Waals surface area contributed by atoms with Gasteiger partial charge in [0, 0.05) is 0 Å². The topological polar surface area (TPSA) is 17.1 Å². The van der Waals surface area contributed by atoms with E-state index >= 15 is 0 Å². The molecule has 0 aromatic carbocycles. The number of hydrogen-bond acceptors (Lipinski definition) is 1. The Balaban J connectivity index is 3.66. The summed E-state index contributed by atoms with van der Waals surface area (Å²) < 4.78 is 0. The molecular formula is C17H20O. The van der Waals surface area contributed by atoms with Crippen molar-refractivity contribution < 1.29 is 4.79 Å². The maximum absolute atomic E-state index is 9.91. The first-order valence-electron chi connectivity index (χ1n) is 6.35. The van der Waals surface area contributed by atoms with E-state index in [0.717, 1.165) is 6.42 Å². The van der Waals surface area contributed by atoms with Gasteiger partial charge in [0.15, 0.2) is 0 Å². The molecule has 1 heteroatoms. The third-order valence-corrected chi connectivity index (χ3v) is 2.12. The Bertz CT molecular complexity index is 402. The molecule has 0 radical (unpaired) electrons. The molecule has 1 nitrogen and oxygen atoms in total. The third-order valence-electron chi connectivity index (χ3n) is 2.12. The summed E-state index contributed by atoms with van der Waals surface area (Å²) in [4.78, 5) is 9.91. The Morgan fingerprint density at radius 2 is 1.61 bits per heavy atom. The van der Waals surface area contributed by atoms with Crippen LogP contribution in [0.25, 0.3) is 0 Å². The minimum absolute atomic E-state index is 0.688. The van der Waals surface area contributed by atoms with Gasteiger partial charge in [-0.15, -0.1) is 0 Å². The van der Waals surface area contributed by atoms with E-state index in [1.807, 2.05) is 12.2 Å². The van der Waals surface area contributed by atoms with Crippen molar-refractivity contribution >= 4 is 6.29 Å². The van der Waals surface area contributed by atoms with Crippen LogP contribution >= 0.6 is 0 Å². The Hall–Kier alpha value is -1.99. The highest BCUT2D eigenvalue weighted by Crippen LogP contribution is 2.02. The van der Waals surface area contributed by atoms with Gasteiger partial charge < -0.3 is 0 Å². The van der Waals surface area contributed by atoms with Crippen molar-refractivity contribution in [3.8, 4) is 23.7 Å². The number of carbonyl (C=O) groups is 1. The average Bonchev–Trinajstić information content (AvgIpc) is 2.39. The van der Waals surface area contributed by atoms with E-state index in [9.17, 15) is 4.79 Å². The minimum Gasteiger partial charge on any atom is -0.299 e. The molecule has 0 saturated carbocycles. The van der Waals surface area contributed by atoms with Crippen LogP contribution in [0.4, 0.5) is 0 Å². The molecule has 0 aliphatic heterocycles. The molecule has 0 spiro atoms. The molecule has 0 bridgehead atoms. The van der Waals surface area contributed by atoms with Gasteiger partial charge in [-0.05, 0) is 42.9 Å². The Labute approximate surface area is 111 Å². The van der Waals surface area contributed by atoms with Gasteiger partial charge >= 0.3 is 0 Å². The molecular weight excluding hydrogens is 220 g/mol. The van der Waals surface area contributed by atoms with Crippen molar-refractivity contribution in [3.63, 3.8) is 0 Å². The fourth-order valence-electron chi connectivity index (χ4n) is 1.21. The van der Waals surface area contributed by atoms with E-state index in [1.165, 1.54) is 37.8 Å². The van der Waals surface area contributed by atoms with Crippen LogP contribution in [0.2, 0.25) is 0 Å².